The maximum atomic E-state index is 14.0. The highest BCUT2D eigenvalue weighted by atomic mass is 19.1. The van der Waals surface area contributed by atoms with Gasteiger partial charge in [0.15, 0.2) is 5.79 Å². The largest absolute Gasteiger partial charge is 0.464 e. The van der Waals surface area contributed by atoms with Gasteiger partial charge in [0.1, 0.15) is 0 Å². The molecule has 1 aliphatic rings. The fraction of sp³-hybridized carbons (Fsp3) is 0.909. The molecule has 0 aromatic carbocycles. The van der Waals surface area contributed by atoms with Gasteiger partial charge in [0.05, 0.1) is 19.3 Å². The highest BCUT2D eigenvalue weighted by Crippen LogP contribution is 2.29. The average molecular weight is 234 g/mol. The lowest BCUT2D eigenvalue weighted by Crippen LogP contribution is -2.37. The van der Waals surface area contributed by atoms with E-state index in [-0.39, 0.29) is 13.0 Å². The van der Waals surface area contributed by atoms with Crippen molar-refractivity contribution in [2.45, 2.75) is 51.7 Å². The Bertz CT molecular complexity index is 263. The van der Waals surface area contributed by atoms with Gasteiger partial charge < -0.3 is 14.2 Å². The van der Waals surface area contributed by atoms with E-state index in [1.807, 2.05) is 0 Å². The fourth-order valence-corrected chi connectivity index (χ4v) is 1.66. The summed E-state index contributed by atoms with van der Waals surface area (Å²) in [5.74, 6) is -1.54. The number of carbonyl (C=O) groups is 1. The van der Waals surface area contributed by atoms with Crippen molar-refractivity contribution in [3.63, 3.8) is 0 Å². The Balaban J connectivity index is 2.50. The van der Waals surface area contributed by atoms with Gasteiger partial charge in [0.2, 0.25) is 5.67 Å². The minimum absolute atomic E-state index is 0.0464. The second-order valence-electron chi connectivity index (χ2n) is 4.57. The van der Waals surface area contributed by atoms with E-state index >= 15 is 0 Å². The highest BCUT2D eigenvalue weighted by molar-refractivity contribution is 5.78. The van der Waals surface area contributed by atoms with Crippen LogP contribution in [0.4, 0.5) is 4.39 Å². The van der Waals surface area contributed by atoms with Crippen molar-refractivity contribution in [2.24, 2.45) is 0 Å². The monoisotopic (exact) mass is 234 g/mol. The quantitative estimate of drug-likeness (QED) is 0.696. The lowest BCUT2D eigenvalue weighted by molar-refractivity contribution is -0.163. The number of alkyl halides is 1. The summed E-state index contributed by atoms with van der Waals surface area (Å²) in [6, 6.07) is 0. The molecule has 0 aromatic rings. The average Bonchev–Trinajstić information content (AvgIpc) is 2.45. The van der Waals surface area contributed by atoms with Crippen LogP contribution in [-0.2, 0) is 19.0 Å². The standard InChI is InChI=1S/C11H19FO4/c1-5-14-9(13)11(4,12)6-8-7-15-10(2,3)16-8/h8H,5-7H2,1-4H3/t8-,11+/m0/s1. The SMILES string of the molecule is CCOC(=O)[C@](C)(F)C[C@H]1COC(C)(C)O1. The predicted molar refractivity (Wildman–Crippen MR) is 55.7 cm³/mol. The molecule has 0 saturated carbocycles. The van der Waals surface area contributed by atoms with Crippen LogP contribution >= 0.6 is 0 Å². The zero-order valence-electron chi connectivity index (χ0n) is 10.2. The first-order chi connectivity index (χ1) is 7.27. The van der Waals surface area contributed by atoms with Crippen LogP contribution in [0, 0.1) is 0 Å². The first-order valence-electron chi connectivity index (χ1n) is 5.45. The minimum Gasteiger partial charge on any atom is -0.464 e. The van der Waals surface area contributed by atoms with Gasteiger partial charge in [-0.1, -0.05) is 0 Å². The molecule has 94 valence electrons. The summed E-state index contributed by atoms with van der Waals surface area (Å²) in [4.78, 5) is 11.3. The van der Waals surface area contributed by atoms with Crippen molar-refractivity contribution in [1.82, 2.24) is 0 Å². The molecule has 0 radical (unpaired) electrons. The number of rotatable bonds is 4. The lowest BCUT2D eigenvalue weighted by Gasteiger charge is -2.22. The van der Waals surface area contributed by atoms with Gasteiger partial charge in [-0.15, -0.1) is 0 Å². The molecule has 1 rings (SSSR count). The van der Waals surface area contributed by atoms with E-state index in [1.165, 1.54) is 6.92 Å². The summed E-state index contributed by atoms with van der Waals surface area (Å²) in [7, 11) is 0. The predicted octanol–water partition coefficient (Wildman–Crippen LogP) is 1.82. The van der Waals surface area contributed by atoms with Crippen molar-refractivity contribution in [3.8, 4) is 0 Å². The van der Waals surface area contributed by atoms with E-state index < -0.39 is 23.5 Å². The molecule has 2 atom stereocenters. The number of hydrogen-bond acceptors (Lipinski definition) is 4. The number of esters is 1. The van der Waals surface area contributed by atoms with E-state index in [0.29, 0.717) is 6.61 Å². The Labute approximate surface area is 95.1 Å². The number of hydrogen-bond donors (Lipinski definition) is 0. The van der Waals surface area contributed by atoms with Crippen LogP contribution in [0.5, 0.6) is 0 Å². The molecule has 1 heterocycles. The summed E-state index contributed by atoms with van der Waals surface area (Å²) in [6.45, 7) is 6.84. The Hall–Kier alpha value is -0.680. The minimum atomic E-state index is -2.02. The van der Waals surface area contributed by atoms with Crippen LogP contribution in [0.2, 0.25) is 0 Å². The highest BCUT2D eigenvalue weighted by Gasteiger charge is 2.42. The van der Waals surface area contributed by atoms with Crippen LogP contribution in [0.1, 0.15) is 34.1 Å². The molecule has 16 heavy (non-hydrogen) atoms. The first-order valence-corrected chi connectivity index (χ1v) is 5.45. The van der Waals surface area contributed by atoms with Crippen molar-refractivity contribution < 1.29 is 23.4 Å². The molecule has 1 saturated heterocycles. The summed E-state index contributed by atoms with van der Waals surface area (Å²) in [6.07, 6.45) is -0.454. The number of carbonyl (C=O) groups excluding carboxylic acids is 1. The van der Waals surface area contributed by atoms with Crippen LogP contribution in [0.25, 0.3) is 0 Å². The smallest absolute Gasteiger partial charge is 0.343 e. The second kappa shape index (κ2) is 4.67. The Morgan fingerprint density at radius 2 is 2.25 bits per heavy atom. The van der Waals surface area contributed by atoms with Crippen molar-refractivity contribution in [1.29, 1.82) is 0 Å². The van der Waals surface area contributed by atoms with Gasteiger partial charge in [-0.05, 0) is 27.7 Å². The van der Waals surface area contributed by atoms with Crippen LogP contribution < -0.4 is 0 Å². The molecule has 0 bridgehead atoms. The summed E-state index contributed by atoms with van der Waals surface area (Å²) in [5.41, 5.74) is -2.02. The molecular weight excluding hydrogens is 215 g/mol. The molecule has 0 aromatic heterocycles. The Morgan fingerprint density at radius 1 is 1.62 bits per heavy atom. The molecule has 0 aliphatic carbocycles. The van der Waals surface area contributed by atoms with Crippen LogP contribution in [0.3, 0.4) is 0 Å². The third-order valence-corrected chi connectivity index (χ3v) is 2.38. The van der Waals surface area contributed by atoms with Gasteiger partial charge in [-0.25, -0.2) is 9.18 Å². The molecule has 0 spiro atoms. The van der Waals surface area contributed by atoms with E-state index in [9.17, 15) is 9.18 Å². The topological polar surface area (TPSA) is 44.8 Å². The molecular formula is C11H19FO4. The molecule has 1 fully saturated rings. The van der Waals surface area contributed by atoms with Gasteiger partial charge in [-0.3, -0.25) is 0 Å². The van der Waals surface area contributed by atoms with Crippen LogP contribution in [-0.4, -0.2) is 36.7 Å². The van der Waals surface area contributed by atoms with E-state index in [4.69, 9.17) is 9.47 Å². The van der Waals surface area contributed by atoms with Gasteiger partial charge in [0, 0.05) is 6.42 Å². The fourth-order valence-electron chi connectivity index (χ4n) is 1.66. The number of ether oxygens (including phenoxy) is 3. The maximum absolute atomic E-state index is 14.0. The van der Waals surface area contributed by atoms with Crippen molar-refractivity contribution in [3.05, 3.63) is 0 Å². The first kappa shape index (κ1) is 13.4. The zero-order valence-corrected chi connectivity index (χ0v) is 10.2. The summed E-state index contributed by atoms with van der Waals surface area (Å²) in [5, 5.41) is 0. The van der Waals surface area contributed by atoms with E-state index in [2.05, 4.69) is 4.74 Å². The molecule has 5 heteroatoms. The molecule has 0 N–H and O–H groups in total. The van der Waals surface area contributed by atoms with Gasteiger partial charge in [0.25, 0.3) is 0 Å². The summed E-state index contributed by atoms with van der Waals surface area (Å²) >= 11 is 0. The van der Waals surface area contributed by atoms with Crippen molar-refractivity contribution in [2.75, 3.05) is 13.2 Å². The third kappa shape index (κ3) is 3.42. The van der Waals surface area contributed by atoms with E-state index in [1.54, 1.807) is 20.8 Å². The molecule has 0 unspecified atom stereocenters. The Kier molecular flexibility index (Phi) is 3.91. The third-order valence-electron chi connectivity index (χ3n) is 2.38. The maximum Gasteiger partial charge on any atom is 0.343 e. The van der Waals surface area contributed by atoms with Gasteiger partial charge in [-0.2, -0.15) is 0 Å². The van der Waals surface area contributed by atoms with Crippen LogP contribution in [0.15, 0.2) is 0 Å². The van der Waals surface area contributed by atoms with E-state index in [0.717, 1.165) is 0 Å². The molecule has 1 aliphatic heterocycles. The second-order valence-corrected chi connectivity index (χ2v) is 4.57. The summed E-state index contributed by atoms with van der Waals surface area (Å²) < 4.78 is 29.4. The zero-order chi connectivity index (χ0) is 12.4. The lowest BCUT2D eigenvalue weighted by atomic mass is 10.0. The Morgan fingerprint density at radius 3 is 2.69 bits per heavy atom. The van der Waals surface area contributed by atoms with Gasteiger partial charge >= 0.3 is 5.97 Å². The normalized spacial score (nSPS) is 27.4. The molecule has 4 nitrogen and oxygen atoms in total. The molecule has 0 amide bonds. The number of halogens is 1. The van der Waals surface area contributed by atoms with Crippen molar-refractivity contribution >= 4 is 5.97 Å².